The van der Waals surface area contributed by atoms with Gasteiger partial charge in [0.15, 0.2) is 17.6 Å². The molecule has 0 aliphatic heterocycles. The summed E-state index contributed by atoms with van der Waals surface area (Å²) in [5.41, 5.74) is -0.458. The van der Waals surface area contributed by atoms with Crippen LogP contribution in [0, 0.1) is 23.0 Å². The van der Waals surface area contributed by atoms with Gasteiger partial charge in [-0.2, -0.15) is 5.26 Å². The number of carboxylic acid groups (broad SMARTS) is 1. The standard InChI is InChI=1S/C9H5F2NO2/c10-7-3-1-2-5(8(7)11)6(4-12)9(13)14/h1-3,6H,(H,13,14). The molecule has 0 saturated carbocycles. The first kappa shape index (κ1) is 10.1. The number of carboxylic acids is 1. The first-order chi connectivity index (χ1) is 6.57. The number of halogens is 2. The highest BCUT2D eigenvalue weighted by Crippen LogP contribution is 2.20. The Hall–Kier alpha value is -1.96. The molecule has 0 amide bonds. The molecule has 0 aromatic heterocycles. The summed E-state index contributed by atoms with van der Waals surface area (Å²) >= 11 is 0. The number of benzene rings is 1. The van der Waals surface area contributed by atoms with Crippen molar-refractivity contribution in [1.82, 2.24) is 0 Å². The van der Waals surface area contributed by atoms with Gasteiger partial charge in [0.1, 0.15) is 0 Å². The van der Waals surface area contributed by atoms with Crippen molar-refractivity contribution < 1.29 is 18.7 Å². The molecule has 3 nitrogen and oxygen atoms in total. The fraction of sp³-hybridized carbons (Fsp3) is 0.111. The van der Waals surface area contributed by atoms with Crippen LogP contribution in [-0.2, 0) is 4.79 Å². The molecule has 0 spiro atoms. The van der Waals surface area contributed by atoms with Crippen molar-refractivity contribution in [3.05, 3.63) is 35.4 Å². The van der Waals surface area contributed by atoms with Gasteiger partial charge in [-0.25, -0.2) is 8.78 Å². The molecule has 0 radical (unpaired) electrons. The predicted octanol–water partition coefficient (Wildman–Crippen LogP) is 1.66. The minimum absolute atomic E-state index is 0.458. The second-order valence-corrected chi connectivity index (χ2v) is 2.54. The third kappa shape index (κ3) is 1.69. The van der Waals surface area contributed by atoms with Gasteiger partial charge in [0, 0.05) is 5.56 Å². The Morgan fingerprint density at radius 3 is 2.64 bits per heavy atom. The molecule has 0 bridgehead atoms. The van der Waals surface area contributed by atoms with Crippen LogP contribution in [0.15, 0.2) is 18.2 Å². The van der Waals surface area contributed by atoms with Gasteiger partial charge in [-0.3, -0.25) is 4.79 Å². The van der Waals surface area contributed by atoms with Gasteiger partial charge < -0.3 is 5.11 Å². The summed E-state index contributed by atoms with van der Waals surface area (Å²) in [6.45, 7) is 0. The minimum atomic E-state index is -1.68. The average molecular weight is 197 g/mol. The smallest absolute Gasteiger partial charge is 0.325 e. The average Bonchev–Trinajstić information content (AvgIpc) is 2.13. The molecule has 0 saturated heterocycles. The third-order valence-electron chi connectivity index (χ3n) is 1.67. The largest absolute Gasteiger partial charge is 0.480 e. The SMILES string of the molecule is N#CC(C(=O)O)c1cccc(F)c1F. The highest BCUT2D eigenvalue weighted by Gasteiger charge is 2.24. The van der Waals surface area contributed by atoms with Crippen LogP contribution in [0.1, 0.15) is 11.5 Å². The van der Waals surface area contributed by atoms with E-state index >= 15 is 0 Å². The molecule has 1 aromatic carbocycles. The molecule has 1 atom stereocenters. The third-order valence-corrected chi connectivity index (χ3v) is 1.67. The van der Waals surface area contributed by atoms with Gasteiger partial charge in [0.2, 0.25) is 0 Å². The van der Waals surface area contributed by atoms with Crippen LogP contribution in [0.4, 0.5) is 8.78 Å². The first-order valence-corrected chi connectivity index (χ1v) is 3.64. The Morgan fingerprint density at radius 1 is 1.50 bits per heavy atom. The molecule has 1 N–H and O–H groups in total. The van der Waals surface area contributed by atoms with Crippen molar-refractivity contribution in [2.45, 2.75) is 5.92 Å². The number of aliphatic carboxylic acids is 1. The van der Waals surface area contributed by atoms with Crippen LogP contribution in [0.25, 0.3) is 0 Å². The predicted molar refractivity (Wildman–Crippen MR) is 42.3 cm³/mol. The molecular formula is C9H5F2NO2. The van der Waals surface area contributed by atoms with E-state index in [0.29, 0.717) is 0 Å². The van der Waals surface area contributed by atoms with Crippen molar-refractivity contribution in [2.75, 3.05) is 0 Å². The van der Waals surface area contributed by atoms with E-state index in [9.17, 15) is 13.6 Å². The van der Waals surface area contributed by atoms with Gasteiger partial charge in [0.25, 0.3) is 0 Å². The lowest BCUT2D eigenvalue weighted by molar-refractivity contribution is -0.137. The Bertz CT molecular complexity index is 412. The zero-order chi connectivity index (χ0) is 10.7. The van der Waals surface area contributed by atoms with Crippen molar-refractivity contribution in [3.8, 4) is 6.07 Å². The second kappa shape index (κ2) is 3.83. The molecule has 72 valence electrons. The zero-order valence-electron chi connectivity index (χ0n) is 6.87. The summed E-state index contributed by atoms with van der Waals surface area (Å²) in [6.07, 6.45) is 0. The van der Waals surface area contributed by atoms with Crippen LogP contribution in [-0.4, -0.2) is 11.1 Å². The molecule has 0 aliphatic rings. The lowest BCUT2D eigenvalue weighted by Gasteiger charge is -2.05. The maximum absolute atomic E-state index is 13.0. The van der Waals surface area contributed by atoms with Gasteiger partial charge in [0.05, 0.1) is 6.07 Å². The van der Waals surface area contributed by atoms with E-state index in [1.165, 1.54) is 6.07 Å². The maximum Gasteiger partial charge on any atom is 0.325 e. The quantitative estimate of drug-likeness (QED) is 0.784. The minimum Gasteiger partial charge on any atom is -0.480 e. The van der Waals surface area contributed by atoms with Crippen LogP contribution in [0.2, 0.25) is 0 Å². The number of hydrogen-bond donors (Lipinski definition) is 1. The van der Waals surface area contributed by atoms with E-state index in [4.69, 9.17) is 10.4 Å². The van der Waals surface area contributed by atoms with E-state index in [1.54, 1.807) is 0 Å². The molecule has 0 heterocycles. The molecule has 0 fully saturated rings. The number of carbonyl (C=O) groups is 1. The Labute approximate surface area is 78.2 Å². The summed E-state index contributed by atoms with van der Waals surface area (Å²) in [5, 5.41) is 17.0. The van der Waals surface area contributed by atoms with Crippen LogP contribution in [0.5, 0.6) is 0 Å². The maximum atomic E-state index is 13.0. The van der Waals surface area contributed by atoms with Gasteiger partial charge in [-0.05, 0) is 6.07 Å². The monoisotopic (exact) mass is 197 g/mol. The fourth-order valence-corrected chi connectivity index (χ4v) is 1.00. The summed E-state index contributed by atoms with van der Waals surface area (Å²) in [7, 11) is 0. The van der Waals surface area contributed by atoms with Gasteiger partial charge in [-0.1, -0.05) is 12.1 Å². The topological polar surface area (TPSA) is 61.1 Å². The van der Waals surface area contributed by atoms with E-state index < -0.39 is 29.1 Å². The number of nitriles is 1. The van der Waals surface area contributed by atoms with E-state index in [-0.39, 0.29) is 0 Å². The Balaban J connectivity index is 3.25. The first-order valence-electron chi connectivity index (χ1n) is 3.64. The highest BCUT2D eigenvalue weighted by molar-refractivity contribution is 5.79. The molecule has 0 aliphatic carbocycles. The van der Waals surface area contributed by atoms with Crippen LogP contribution >= 0.6 is 0 Å². The van der Waals surface area contributed by atoms with Crippen molar-refractivity contribution in [2.24, 2.45) is 0 Å². The van der Waals surface area contributed by atoms with E-state index in [1.807, 2.05) is 0 Å². The van der Waals surface area contributed by atoms with Gasteiger partial charge in [-0.15, -0.1) is 0 Å². The highest BCUT2D eigenvalue weighted by atomic mass is 19.2. The van der Waals surface area contributed by atoms with Crippen LogP contribution in [0.3, 0.4) is 0 Å². The van der Waals surface area contributed by atoms with E-state index in [2.05, 4.69) is 0 Å². The number of rotatable bonds is 2. The number of hydrogen-bond acceptors (Lipinski definition) is 2. The molecule has 1 aromatic rings. The molecule has 1 rings (SSSR count). The van der Waals surface area contributed by atoms with Crippen LogP contribution < -0.4 is 0 Å². The van der Waals surface area contributed by atoms with E-state index in [0.717, 1.165) is 18.2 Å². The summed E-state index contributed by atoms with van der Waals surface area (Å²) in [6, 6.07) is 4.46. The lowest BCUT2D eigenvalue weighted by atomic mass is 10.0. The molecule has 14 heavy (non-hydrogen) atoms. The van der Waals surface area contributed by atoms with Crippen molar-refractivity contribution in [1.29, 1.82) is 5.26 Å². The van der Waals surface area contributed by atoms with Gasteiger partial charge >= 0.3 is 5.97 Å². The van der Waals surface area contributed by atoms with Crippen molar-refractivity contribution in [3.63, 3.8) is 0 Å². The summed E-state index contributed by atoms with van der Waals surface area (Å²) < 4.78 is 25.7. The van der Waals surface area contributed by atoms with Crippen molar-refractivity contribution >= 4 is 5.97 Å². The zero-order valence-corrected chi connectivity index (χ0v) is 6.87. The number of nitrogens with zero attached hydrogens (tertiary/aromatic N) is 1. The lowest BCUT2D eigenvalue weighted by Crippen LogP contribution is -2.11. The normalized spacial score (nSPS) is 11.8. The Kier molecular flexibility index (Phi) is 2.77. The summed E-state index contributed by atoms with van der Waals surface area (Å²) in [5.74, 6) is -5.63. The molecule has 5 heteroatoms. The molecular weight excluding hydrogens is 192 g/mol. The Morgan fingerprint density at radius 2 is 2.14 bits per heavy atom. The fourth-order valence-electron chi connectivity index (χ4n) is 1.00. The summed E-state index contributed by atoms with van der Waals surface area (Å²) in [4.78, 5) is 10.5. The molecule has 1 unspecified atom stereocenters. The second-order valence-electron chi connectivity index (χ2n) is 2.54.